The Morgan fingerprint density at radius 2 is 2.05 bits per heavy atom. The number of aromatic nitrogens is 2. The Morgan fingerprint density at radius 3 is 2.58 bits per heavy atom. The van der Waals surface area contributed by atoms with Crippen LogP contribution < -0.4 is 10.5 Å². The van der Waals surface area contributed by atoms with Crippen LogP contribution in [0.1, 0.15) is 46.6 Å². The Kier molecular flexibility index (Phi) is 5.37. The molecule has 7 heteroatoms. The van der Waals surface area contributed by atoms with Crippen LogP contribution in [0.4, 0.5) is 5.82 Å². The summed E-state index contributed by atoms with van der Waals surface area (Å²) in [5, 5.41) is 4.10. The van der Waals surface area contributed by atoms with E-state index in [9.17, 15) is 8.42 Å². The molecule has 0 aliphatic carbocycles. The second-order valence-electron chi connectivity index (χ2n) is 5.07. The molecule has 110 valence electrons. The maximum atomic E-state index is 12.1. The number of unbranched alkanes of at least 4 members (excludes halogenated alkanes) is 1. The van der Waals surface area contributed by atoms with E-state index in [1.54, 1.807) is 4.68 Å². The molecule has 0 radical (unpaired) electrons. The molecule has 1 heterocycles. The summed E-state index contributed by atoms with van der Waals surface area (Å²) in [6.45, 7) is 8.47. The minimum absolute atomic E-state index is 0.0552. The van der Waals surface area contributed by atoms with Gasteiger partial charge in [-0.2, -0.15) is 5.10 Å². The van der Waals surface area contributed by atoms with E-state index in [0.717, 1.165) is 12.8 Å². The van der Waals surface area contributed by atoms with Gasteiger partial charge in [0.25, 0.3) is 0 Å². The van der Waals surface area contributed by atoms with Crippen LogP contribution in [0.3, 0.4) is 0 Å². The fourth-order valence-corrected chi connectivity index (χ4v) is 2.75. The van der Waals surface area contributed by atoms with E-state index in [1.807, 2.05) is 27.7 Å². The summed E-state index contributed by atoms with van der Waals surface area (Å²) < 4.78 is 28.3. The molecule has 0 amide bonds. The Morgan fingerprint density at radius 1 is 1.42 bits per heavy atom. The molecule has 0 saturated carbocycles. The van der Waals surface area contributed by atoms with Gasteiger partial charge in [-0.15, -0.1) is 0 Å². The van der Waals surface area contributed by atoms with E-state index >= 15 is 0 Å². The lowest BCUT2D eigenvalue weighted by Crippen LogP contribution is -2.25. The molecule has 6 nitrogen and oxygen atoms in total. The van der Waals surface area contributed by atoms with Crippen LogP contribution in [0.5, 0.6) is 0 Å². The highest BCUT2D eigenvalue weighted by Gasteiger charge is 2.23. The van der Waals surface area contributed by atoms with Crippen LogP contribution in [0.2, 0.25) is 0 Å². The minimum atomic E-state index is -3.56. The topological polar surface area (TPSA) is 90.0 Å². The van der Waals surface area contributed by atoms with E-state index in [1.165, 1.54) is 6.20 Å². The van der Waals surface area contributed by atoms with Gasteiger partial charge in [0.2, 0.25) is 10.0 Å². The number of nitrogens with one attached hydrogen (secondary N) is 1. The number of nitrogens with two attached hydrogens (primary N) is 1. The van der Waals surface area contributed by atoms with Crippen LogP contribution in [0, 0.1) is 5.92 Å². The summed E-state index contributed by atoms with van der Waals surface area (Å²) in [6, 6.07) is 0.0552. The van der Waals surface area contributed by atoms with Crippen LogP contribution in [-0.4, -0.2) is 24.7 Å². The summed E-state index contributed by atoms with van der Waals surface area (Å²) in [5.41, 5.74) is 5.91. The van der Waals surface area contributed by atoms with Gasteiger partial charge in [0.05, 0.1) is 12.2 Å². The van der Waals surface area contributed by atoms with Crippen molar-refractivity contribution in [1.82, 2.24) is 14.5 Å². The molecule has 1 rings (SSSR count). The van der Waals surface area contributed by atoms with Crippen molar-refractivity contribution in [2.45, 2.75) is 51.5 Å². The van der Waals surface area contributed by atoms with Crippen LogP contribution in [0.15, 0.2) is 11.1 Å². The smallest absolute Gasteiger partial charge is 0.245 e. The highest BCUT2D eigenvalue weighted by Crippen LogP contribution is 2.24. The second-order valence-corrected chi connectivity index (χ2v) is 6.81. The summed E-state index contributed by atoms with van der Waals surface area (Å²) in [6.07, 6.45) is 3.06. The van der Waals surface area contributed by atoms with Gasteiger partial charge in [-0.05, 0) is 19.3 Å². The first-order valence-corrected chi connectivity index (χ1v) is 8.12. The van der Waals surface area contributed by atoms with Crippen molar-refractivity contribution in [3.63, 3.8) is 0 Å². The molecule has 1 aromatic rings. The van der Waals surface area contributed by atoms with E-state index in [-0.39, 0.29) is 16.8 Å². The lowest BCUT2D eigenvalue weighted by Gasteiger charge is -2.17. The summed E-state index contributed by atoms with van der Waals surface area (Å²) in [4.78, 5) is 0.0658. The standard InChI is InChI=1S/C12H24N4O2S/c1-5-6-7-15-19(17,18)11-8-14-16(12(11)13)10(4)9(2)3/h8-10,15H,5-7,13H2,1-4H3. The number of anilines is 1. The van der Waals surface area contributed by atoms with Gasteiger partial charge >= 0.3 is 0 Å². The molecule has 1 aromatic heterocycles. The summed E-state index contributed by atoms with van der Waals surface area (Å²) in [5.74, 6) is 0.524. The Bertz CT molecular complexity index is 508. The molecule has 0 bridgehead atoms. The largest absolute Gasteiger partial charge is 0.383 e. The van der Waals surface area contributed by atoms with Crippen LogP contribution >= 0.6 is 0 Å². The zero-order valence-electron chi connectivity index (χ0n) is 12.0. The maximum absolute atomic E-state index is 12.1. The molecule has 0 aliphatic heterocycles. The van der Waals surface area contributed by atoms with E-state index in [0.29, 0.717) is 12.5 Å². The lowest BCUT2D eigenvalue weighted by atomic mass is 10.1. The molecule has 0 saturated heterocycles. The van der Waals surface area contributed by atoms with Gasteiger partial charge in [-0.3, -0.25) is 0 Å². The van der Waals surface area contributed by atoms with E-state index < -0.39 is 10.0 Å². The number of rotatable bonds is 7. The molecule has 1 unspecified atom stereocenters. The predicted molar refractivity (Wildman–Crippen MR) is 76.3 cm³/mol. The highest BCUT2D eigenvalue weighted by atomic mass is 32.2. The van der Waals surface area contributed by atoms with E-state index in [2.05, 4.69) is 9.82 Å². The molecule has 0 spiro atoms. The van der Waals surface area contributed by atoms with Crippen molar-refractivity contribution < 1.29 is 8.42 Å². The number of nitrogen functional groups attached to an aromatic ring is 1. The summed E-state index contributed by atoms with van der Waals surface area (Å²) >= 11 is 0. The first-order valence-electron chi connectivity index (χ1n) is 6.63. The van der Waals surface area contributed by atoms with Gasteiger partial charge in [-0.25, -0.2) is 17.8 Å². The first-order chi connectivity index (χ1) is 8.81. The minimum Gasteiger partial charge on any atom is -0.383 e. The molecular weight excluding hydrogens is 264 g/mol. The lowest BCUT2D eigenvalue weighted by molar-refractivity contribution is 0.380. The zero-order chi connectivity index (χ0) is 14.6. The average molecular weight is 288 g/mol. The van der Waals surface area contributed by atoms with Gasteiger partial charge in [-0.1, -0.05) is 27.2 Å². The van der Waals surface area contributed by atoms with E-state index in [4.69, 9.17) is 5.73 Å². The van der Waals surface area contributed by atoms with Gasteiger partial charge < -0.3 is 5.73 Å². The Labute approximate surface area is 115 Å². The van der Waals surface area contributed by atoms with Crippen molar-refractivity contribution in [3.8, 4) is 0 Å². The quantitative estimate of drug-likeness (QED) is 0.748. The maximum Gasteiger partial charge on any atom is 0.245 e. The van der Waals surface area contributed by atoms with Gasteiger partial charge in [0.15, 0.2) is 0 Å². The SMILES string of the molecule is CCCCNS(=O)(=O)c1cnn(C(C)C(C)C)c1N. The third kappa shape index (κ3) is 3.70. The van der Waals surface area contributed by atoms with Crippen molar-refractivity contribution in [1.29, 1.82) is 0 Å². The van der Waals surface area contributed by atoms with Crippen LogP contribution in [-0.2, 0) is 10.0 Å². The number of nitrogens with zero attached hydrogens (tertiary/aromatic N) is 2. The summed E-state index contributed by atoms with van der Waals surface area (Å²) in [7, 11) is -3.56. The third-order valence-corrected chi connectivity index (χ3v) is 4.74. The molecule has 0 aliphatic rings. The molecule has 0 fully saturated rings. The monoisotopic (exact) mass is 288 g/mol. The molecule has 0 aromatic carbocycles. The fraction of sp³-hybridized carbons (Fsp3) is 0.750. The third-order valence-electron chi connectivity index (χ3n) is 3.26. The van der Waals surface area contributed by atoms with Gasteiger partial charge in [0.1, 0.15) is 10.7 Å². The zero-order valence-corrected chi connectivity index (χ0v) is 12.9. The Balaban J connectivity index is 2.97. The van der Waals surface area contributed by atoms with Crippen molar-refractivity contribution in [3.05, 3.63) is 6.20 Å². The van der Waals surface area contributed by atoms with Crippen LogP contribution in [0.25, 0.3) is 0 Å². The van der Waals surface area contributed by atoms with Gasteiger partial charge in [0, 0.05) is 6.54 Å². The number of hydrogen-bond donors (Lipinski definition) is 2. The molecule has 3 N–H and O–H groups in total. The van der Waals surface area contributed by atoms with Crippen molar-refractivity contribution in [2.24, 2.45) is 5.92 Å². The number of hydrogen-bond acceptors (Lipinski definition) is 4. The average Bonchev–Trinajstić information content (AvgIpc) is 2.70. The highest BCUT2D eigenvalue weighted by molar-refractivity contribution is 7.89. The first kappa shape index (κ1) is 16.0. The number of sulfonamides is 1. The predicted octanol–water partition coefficient (Wildman–Crippen LogP) is 1.76. The molecular formula is C12H24N4O2S. The Hall–Kier alpha value is -1.08. The van der Waals surface area contributed by atoms with Crippen molar-refractivity contribution in [2.75, 3.05) is 12.3 Å². The van der Waals surface area contributed by atoms with Crippen molar-refractivity contribution >= 4 is 15.8 Å². The molecule has 19 heavy (non-hydrogen) atoms. The normalized spacial score (nSPS) is 13.9. The second kappa shape index (κ2) is 6.38. The molecule has 1 atom stereocenters. The fourth-order valence-electron chi connectivity index (χ4n) is 1.63.